The summed E-state index contributed by atoms with van der Waals surface area (Å²) in [6.45, 7) is 2.34. The van der Waals surface area contributed by atoms with Gasteiger partial charge >= 0.3 is 0 Å². The van der Waals surface area contributed by atoms with Crippen molar-refractivity contribution in [2.75, 3.05) is 31.6 Å². The largest absolute Gasteiger partial charge is 0.490 e. The van der Waals surface area contributed by atoms with Crippen molar-refractivity contribution in [2.24, 2.45) is 0 Å². The van der Waals surface area contributed by atoms with Crippen molar-refractivity contribution in [3.63, 3.8) is 0 Å². The molecule has 164 valence electrons. The zero-order chi connectivity index (χ0) is 22.2. The lowest BCUT2D eigenvalue weighted by Crippen LogP contribution is -2.27. The Balaban J connectivity index is 1.32. The number of benzene rings is 3. The van der Waals surface area contributed by atoms with E-state index in [-0.39, 0.29) is 11.8 Å². The molecule has 1 heterocycles. The van der Waals surface area contributed by atoms with Gasteiger partial charge in [-0.3, -0.25) is 9.59 Å². The highest BCUT2D eigenvalue weighted by atomic mass is 16.5. The summed E-state index contributed by atoms with van der Waals surface area (Å²) in [5.74, 6) is 1.12. The van der Waals surface area contributed by atoms with Gasteiger partial charge in [0.05, 0.1) is 0 Å². The summed E-state index contributed by atoms with van der Waals surface area (Å²) in [6, 6.07) is 23.6. The van der Waals surface area contributed by atoms with Crippen molar-refractivity contribution >= 4 is 17.5 Å². The first-order valence-electron chi connectivity index (χ1n) is 10.8. The Kier molecular flexibility index (Phi) is 7.02. The van der Waals surface area contributed by atoms with Crippen LogP contribution in [-0.2, 0) is 0 Å². The minimum absolute atomic E-state index is 0.00622. The molecule has 4 rings (SSSR count). The van der Waals surface area contributed by atoms with Crippen LogP contribution < -0.4 is 14.8 Å². The molecule has 0 aliphatic carbocycles. The maximum absolute atomic E-state index is 12.7. The first-order valence-corrected chi connectivity index (χ1v) is 10.8. The maximum Gasteiger partial charge on any atom is 0.255 e. The fraction of sp³-hybridized carbons (Fsp3) is 0.231. The SMILES string of the molecule is O=C(Nc1cccc(C(=O)N2CCCC2)c1)c1cccc(OCCOc2ccccc2)c1. The van der Waals surface area contributed by atoms with E-state index in [0.29, 0.717) is 35.8 Å². The zero-order valence-electron chi connectivity index (χ0n) is 17.8. The van der Waals surface area contributed by atoms with Gasteiger partial charge in [0.25, 0.3) is 11.8 Å². The number of para-hydroxylation sites is 1. The molecule has 1 aliphatic rings. The van der Waals surface area contributed by atoms with Crippen LogP contribution in [0.25, 0.3) is 0 Å². The van der Waals surface area contributed by atoms with Gasteiger partial charge in [0.2, 0.25) is 0 Å². The van der Waals surface area contributed by atoms with Crippen LogP contribution in [0.5, 0.6) is 11.5 Å². The second-order valence-corrected chi connectivity index (χ2v) is 7.57. The number of carbonyl (C=O) groups is 2. The topological polar surface area (TPSA) is 67.9 Å². The molecule has 0 aromatic heterocycles. The second kappa shape index (κ2) is 10.5. The van der Waals surface area contributed by atoms with E-state index >= 15 is 0 Å². The van der Waals surface area contributed by atoms with Crippen LogP contribution in [0.2, 0.25) is 0 Å². The van der Waals surface area contributed by atoms with E-state index < -0.39 is 0 Å². The highest BCUT2D eigenvalue weighted by molar-refractivity contribution is 6.05. The van der Waals surface area contributed by atoms with Gasteiger partial charge in [0, 0.05) is 29.9 Å². The van der Waals surface area contributed by atoms with Crippen molar-refractivity contribution < 1.29 is 19.1 Å². The third kappa shape index (κ3) is 5.66. The van der Waals surface area contributed by atoms with Gasteiger partial charge in [0.15, 0.2) is 0 Å². The van der Waals surface area contributed by atoms with Gasteiger partial charge in [-0.15, -0.1) is 0 Å². The molecule has 6 heteroatoms. The Labute approximate surface area is 187 Å². The maximum atomic E-state index is 12.7. The molecule has 0 unspecified atom stereocenters. The van der Waals surface area contributed by atoms with E-state index in [4.69, 9.17) is 9.47 Å². The van der Waals surface area contributed by atoms with Crippen LogP contribution in [0.1, 0.15) is 33.6 Å². The number of rotatable bonds is 8. The average Bonchev–Trinajstić information content (AvgIpc) is 3.37. The molecule has 1 aliphatic heterocycles. The molecule has 0 bridgehead atoms. The van der Waals surface area contributed by atoms with Crippen LogP contribution in [0.4, 0.5) is 5.69 Å². The molecule has 0 spiro atoms. The van der Waals surface area contributed by atoms with Gasteiger partial charge in [-0.25, -0.2) is 0 Å². The van der Waals surface area contributed by atoms with E-state index in [0.717, 1.165) is 31.7 Å². The smallest absolute Gasteiger partial charge is 0.255 e. The molecule has 32 heavy (non-hydrogen) atoms. The number of hydrogen-bond acceptors (Lipinski definition) is 4. The van der Waals surface area contributed by atoms with Crippen molar-refractivity contribution in [3.8, 4) is 11.5 Å². The molecule has 1 N–H and O–H groups in total. The second-order valence-electron chi connectivity index (χ2n) is 7.57. The van der Waals surface area contributed by atoms with Crippen molar-refractivity contribution in [2.45, 2.75) is 12.8 Å². The van der Waals surface area contributed by atoms with E-state index in [1.807, 2.05) is 35.2 Å². The van der Waals surface area contributed by atoms with E-state index in [1.54, 1.807) is 48.5 Å². The van der Waals surface area contributed by atoms with Gasteiger partial charge in [-0.1, -0.05) is 30.3 Å². The number of anilines is 1. The lowest BCUT2D eigenvalue weighted by Gasteiger charge is -2.16. The number of hydrogen-bond donors (Lipinski definition) is 1. The highest BCUT2D eigenvalue weighted by Gasteiger charge is 2.19. The average molecular weight is 431 g/mol. The zero-order valence-corrected chi connectivity index (χ0v) is 17.8. The molecule has 2 amide bonds. The van der Waals surface area contributed by atoms with Crippen LogP contribution >= 0.6 is 0 Å². The normalized spacial score (nSPS) is 12.9. The van der Waals surface area contributed by atoms with Crippen LogP contribution in [0.15, 0.2) is 78.9 Å². The summed E-state index contributed by atoms with van der Waals surface area (Å²) < 4.78 is 11.3. The summed E-state index contributed by atoms with van der Waals surface area (Å²) >= 11 is 0. The van der Waals surface area contributed by atoms with Crippen LogP contribution in [0.3, 0.4) is 0 Å². The molecule has 3 aromatic rings. The number of nitrogens with zero attached hydrogens (tertiary/aromatic N) is 1. The molecule has 1 saturated heterocycles. The third-order valence-electron chi connectivity index (χ3n) is 5.22. The molecular formula is C26H26N2O4. The predicted octanol–water partition coefficient (Wildman–Crippen LogP) is 4.63. The van der Waals surface area contributed by atoms with E-state index in [2.05, 4.69) is 5.32 Å². The Morgan fingerprint density at radius 3 is 2.19 bits per heavy atom. The highest BCUT2D eigenvalue weighted by Crippen LogP contribution is 2.19. The number of nitrogens with one attached hydrogen (secondary N) is 1. The fourth-order valence-electron chi connectivity index (χ4n) is 3.60. The lowest BCUT2D eigenvalue weighted by atomic mass is 10.1. The van der Waals surface area contributed by atoms with Crippen LogP contribution in [0, 0.1) is 0 Å². The molecular weight excluding hydrogens is 404 g/mol. The summed E-state index contributed by atoms with van der Waals surface area (Å²) in [5.41, 5.74) is 1.64. The standard InChI is InChI=1S/C26H26N2O4/c29-25(27-22-10-6-9-21(18-22)26(30)28-14-4-5-15-28)20-8-7-13-24(19-20)32-17-16-31-23-11-2-1-3-12-23/h1-3,6-13,18-19H,4-5,14-17H2,(H,27,29). The Morgan fingerprint density at radius 1 is 0.750 bits per heavy atom. The van der Waals surface area contributed by atoms with Crippen molar-refractivity contribution in [1.29, 1.82) is 0 Å². The number of ether oxygens (including phenoxy) is 2. The van der Waals surface area contributed by atoms with Gasteiger partial charge in [-0.05, 0) is 61.4 Å². The Morgan fingerprint density at radius 2 is 1.41 bits per heavy atom. The molecule has 0 atom stereocenters. The minimum atomic E-state index is -0.262. The van der Waals surface area contributed by atoms with Crippen molar-refractivity contribution in [3.05, 3.63) is 90.0 Å². The molecule has 1 fully saturated rings. The van der Waals surface area contributed by atoms with Gasteiger partial charge in [0.1, 0.15) is 24.7 Å². The van der Waals surface area contributed by atoms with Crippen molar-refractivity contribution in [1.82, 2.24) is 4.90 Å². The quantitative estimate of drug-likeness (QED) is 0.529. The van der Waals surface area contributed by atoms with Gasteiger partial charge in [-0.2, -0.15) is 0 Å². The number of carbonyl (C=O) groups excluding carboxylic acids is 2. The minimum Gasteiger partial charge on any atom is -0.490 e. The Bertz CT molecular complexity index is 1060. The monoisotopic (exact) mass is 430 g/mol. The molecule has 6 nitrogen and oxygen atoms in total. The van der Waals surface area contributed by atoms with Gasteiger partial charge < -0.3 is 19.7 Å². The fourth-order valence-corrected chi connectivity index (χ4v) is 3.60. The van der Waals surface area contributed by atoms with E-state index in [9.17, 15) is 9.59 Å². The Hall–Kier alpha value is -3.80. The lowest BCUT2D eigenvalue weighted by molar-refractivity contribution is 0.0792. The van der Waals surface area contributed by atoms with Crippen LogP contribution in [-0.4, -0.2) is 43.0 Å². The molecule has 0 radical (unpaired) electrons. The third-order valence-corrected chi connectivity index (χ3v) is 5.22. The van der Waals surface area contributed by atoms with E-state index in [1.165, 1.54) is 0 Å². The predicted molar refractivity (Wildman–Crippen MR) is 123 cm³/mol. The number of amides is 2. The molecule has 0 saturated carbocycles. The summed E-state index contributed by atoms with van der Waals surface area (Å²) in [6.07, 6.45) is 2.08. The summed E-state index contributed by atoms with van der Waals surface area (Å²) in [7, 11) is 0. The first kappa shape index (κ1) is 21.4. The summed E-state index contributed by atoms with van der Waals surface area (Å²) in [5, 5.41) is 2.87. The first-order chi connectivity index (χ1) is 15.7. The number of likely N-dealkylation sites (tertiary alicyclic amines) is 1. The molecule has 3 aromatic carbocycles. The summed E-state index contributed by atoms with van der Waals surface area (Å²) in [4.78, 5) is 27.2.